The van der Waals surface area contributed by atoms with Gasteiger partial charge in [0.1, 0.15) is 18.2 Å². The van der Waals surface area contributed by atoms with Crippen LogP contribution < -0.4 is 5.32 Å². The van der Waals surface area contributed by atoms with Crippen LogP contribution in [0.25, 0.3) is 0 Å². The molecule has 0 spiro atoms. The van der Waals surface area contributed by atoms with E-state index in [0.717, 1.165) is 12.3 Å². The number of rotatable bonds is 9. The number of hydrogen-bond acceptors (Lipinski definition) is 6. The Kier molecular flexibility index (Phi) is 24.3. The van der Waals surface area contributed by atoms with Crippen molar-refractivity contribution in [2.45, 2.75) is 74.7 Å². The van der Waals surface area contributed by atoms with Gasteiger partial charge < -0.3 is 15.1 Å². The molecule has 0 bridgehead atoms. The first-order chi connectivity index (χ1) is 20.0. The molecule has 0 atom stereocenters. The topological polar surface area (TPSA) is 100 Å². The third-order valence-electron chi connectivity index (χ3n) is 4.54. The third-order valence-corrected chi connectivity index (χ3v) is 4.76. The Balaban J connectivity index is 0. The van der Waals surface area contributed by atoms with E-state index in [1.165, 1.54) is 29.7 Å². The first-order valence-electron chi connectivity index (χ1n) is 14.2. The maximum Gasteiger partial charge on any atom is 0.336 e. The average Bonchev–Trinajstić information content (AvgIpc) is 3.30. The van der Waals surface area contributed by atoms with Crippen molar-refractivity contribution in [3.63, 3.8) is 0 Å². The fraction of sp³-hybridized carbons (Fsp3) is 0.469. The highest BCUT2D eigenvalue weighted by Gasteiger charge is 2.27. The molecule has 0 saturated heterocycles. The van der Waals surface area contributed by atoms with Crippen molar-refractivity contribution < 1.29 is 23.6 Å². The molecule has 0 saturated carbocycles. The zero-order valence-corrected chi connectivity index (χ0v) is 27.1. The summed E-state index contributed by atoms with van der Waals surface area (Å²) < 4.78 is 13.4. The number of hydrogen-bond donors (Lipinski definition) is 1. The summed E-state index contributed by atoms with van der Waals surface area (Å²) in [6.45, 7) is 20.9. The normalized spacial score (nSPS) is 11.2. The van der Waals surface area contributed by atoms with E-state index >= 15 is 0 Å². The van der Waals surface area contributed by atoms with Crippen LogP contribution in [-0.2, 0) is 25.6 Å². The van der Waals surface area contributed by atoms with Gasteiger partial charge >= 0.3 is 5.97 Å². The number of aliphatic imine (C=N–C) groups is 1. The molecule has 0 unspecified atom stereocenters. The molecular weight excluding hydrogens is 559 g/mol. The molecule has 1 aliphatic rings. The summed E-state index contributed by atoms with van der Waals surface area (Å²) in [4.78, 5) is 42.5. The van der Waals surface area contributed by atoms with E-state index < -0.39 is 11.8 Å². The van der Waals surface area contributed by atoms with Gasteiger partial charge in [0.25, 0.3) is 5.91 Å². The molecule has 1 aliphatic heterocycles. The number of carbonyl (C=O) groups is 3. The second-order valence-corrected chi connectivity index (χ2v) is 9.90. The van der Waals surface area contributed by atoms with Gasteiger partial charge in [-0.15, -0.1) is 0 Å². The number of carbonyl (C=O) groups excluding carboxylic acids is 3. The Morgan fingerprint density at radius 2 is 1.76 bits per heavy atom. The fourth-order valence-corrected chi connectivity index (χ4v) is 3.11. The van der Waals surface area contributed by atoms with Gasteiger partial charge in [-0.1, -0.05) is 101 Å². The van der Waals surface area contributed by atoms with E-state index in [2.05, 4.69) is 85.9 Å². The number of aryl methyl sites for hydroxylation is 1. The predicted octanol–water partition coefficient (Wildman–Crippen LogP) is 7.01. The van der Waals surface area contributed by atoms with Crippen molar-refractivity contribution in [2.24, 2.45) is 16.1 Å². The van der Waals surface area contributed by atoms with E-state index in [4.69, 9.17) is 11.6 Å². The number of nitrogens with zero attached hydrogens (tertiary/aromatic N) is 3. The molecule has 2 amide bonds. The van der Waals surface area contributed by atoms with Gasteiger partial charge in [0.15, 0.2) is 0 Å². The van der Waals surface area contributed by atoms with E-state index in [0.29, 0.717) is 25.2 Å². The van der Waals surface area contributed by atoms with E-state index in [-0.39, 0.29) is 29.6 Å². The first kappa shape index (κ1) is 40.5. The summed E-state index contributed by atoms with van der Waals surface area (Å²) in [5.41, 5.74) is 3.08. The molecule has 1 heterocycles. The highest BCUT2D eigenvalue weighted by atomic mass is 35.5. The Hall–Kier alpha value is -3.59. The van der Waals surface area contributed by atoms with Crippen LogP contribution in [0.2, 0.25) is 5.02 Å². The maximum absolute atomic E-state index is 13.4. The van der Waals surface area contributed by atoms with E-state index in [1.807, 2.05) is 20.8 Å². The Bertz CT molecular complexity index is 1070. The monoisotopic (exact) mass is 606 g/mol. The van der Waals surface area contributed by atoms with Crippen LogP contribution in [0.3, 0.4) is 0 Å². The molecule has 0 aromatic heterocycles. The molecule has 10 heteroatoms. The summed E-state index contributed by atoms with van der Waals surface area (Å²) in [6, 6.07) is 12.3. The van der Waals surface area contributed by atoms with Gasteiger partial charge in [0.2, 0.25) is 6.41 Å². The summed E-state index contributed by atoms with van der Waals surface area (Å²) in [6.07, 6.45) is 2.63. The Morgan fingerprint density at radius 1 is 1.19 bits per heavy atom. The van der Waals surface area contributed by atoms with E-state index in [1.54, 1.807) is 11.0 Å². The van der Waals surface area contributed by atoms with Gasteiger partial charge in [-0.3, -0.25) is 14.6 Å². The summed E-state index contributed by atoms with van der Waals surface area (Å²) in [5.74, 6) is -0.329. The minimum absolute atomic E-state index is 0.109. The third kappa shape index (κ3) is 19.5. The number of nitrogens with one attached hydrogen (secondary N) is 1. The number of halogens is 2. The van der Waals surface area contributed by atoms with Gasteiger partial charge in [-0.25, -0.2) is 9.18 Å². The Morgan fingerprint density at radius 3 is 2.26 bits per heavy atom. The minimum Gasteiger partial charge on any atom is -0.358 e. The lowest BCUT2D eigenvalue weighted by Crippen LogP contribution is -2.32. The number of benzene rings is 2. The van der Waals surface area contributed by atoms with Crippen LogP contribution in [-0.4, -0.2) is 55.4 Å². The van der Waals surface area contributed by atoms with Crippen LogP contribution in [0.5, 0.6) is 0 Å². The first-order valence-corrected chi connectivity index (χ1v) is 14.5. The smallest absolute Gasteiger partial charge is 0.336 e. The molecule has 234 valence electrons. The van der Waals surface area contributed by atoms with Crippen molar-refractivity contribution in [2.75, 3.05) is 19.8 Å². The molecule has 2 aromatic carbocycles. The zero-order valence-electron chi connectivity index (χ0n) is 26.4. The zero-order chi connectivity index (χ0) is 32.5. The minimum atomic E-state index is -0.510. The standard InChI is InChI=1S/C18H16ClFN2O.C5H8N2O3.C4H10.C3H8.C2H6/c1-12-2-4-13(5-3-12)6-7-22-11-21-17(18(22)23)14-8-15(19)10-16(20)9-14;1-6-10-5(9)2-3-7-4-8;1-4(2)3;1-3-2;1-2/h2-5,8-10H,6-7,11H2,1H3;4H,1-3H2,(H,7,8);4H,1-3H3;3H2,1-2H3;1-2H3. The second-order valence-electron chi connectivity index (χ2n) is 9.46. The van der Waals surface area contributed by atoms with Gasteiger partial charge in [-0.2, -0.15) is 0 Å². The van der Waals surface area contributed by atoms with Crippen LogP contribution in [0.1, 0.15) is 78.0 Å². The molecule has 0 fully saturated rings. The molecular formula is C32H48ClFN4O4. The van der Waals surface area contributed by atoms with Gasteiger partial charge in [0, 0.05) is 30.4 Å². The lowest BCUT2D eigenvalue weighted by Gasteiger charge is -2.15. The van der Waals surface area contributed by atoms with E-state index in [9.17, 15) is 18.8 Å². The maximum atomic E-state index is 13.4. The Labute approximate surface area is 256 Å². The molecule has 0 radical (unpaired) electrons. The lowest BCUT2D eigenvalue weighted by atomic mass is 10.1. The SMILES string of the molecule is C=NOC(=O)CCNC=O.CC.CC(C)C.CCC.Cc1ccc(CCN2CN=C(c3cc(F)cc(Cl)c3)C2=O)cc1. The highest BCUT2D eigenvalue weighted by Crippen LogP contribution is 2.18. The van der Waals surface area contributed by atoms with Crippen molar-refractivity contribution in [1.82, 2.24) is 10.2 Å². The molecule has 1 N–H and O–H groups in total. The van der Waals surface area contributed by atoms with Crippen LogP contribution in [0.15, 0.2) is 52.6 Å². The largest absolute Gasteiger partial charge is 0.358 e. The summed E-state index contributed by atoms with van der Waals surface area (Å²) in [7, 11) is 0. The molecule has 2 aromatic rings. The van der Waals surface area contributed by atoms with Gasteiger partial charge in [-0.05, 0) is 43.0 Å². The predicted molar refractivity (Wildman–Crippen MR) is 172 cm³/mol. The average molecular weight is 607 g/mol. The molecule has 0 aliphatic carbocycles. The molecule has 3 rings (SSSR count). The summed E-state index contributed by atoms with van der Waals surface area (Å²) >= 11 is 5.85. The second kappa shape index (κ2) is 25.1. The quantitative estimate of drug-likeness (QED) is 0.109. The fourth-order valence-electron chi connectivity index (χ4n) is 2.88. The number of oxime groups is 1. The van der Waals surface area contributed by atoms with Crippen molar-refractivity contribution >= 4 is 42.3 Å². The van der Waals surface area contributed by atoms with Crippen molar-refractivity contribution in [1.29, 1.82) is 0 Å². The summed E-state index contributed by atoms with van der Waals surface area (Å²) in [5, 5.41) is 5.45. The van der Waals surface area contributed by atoms with Crippen molar-refractivity contribution in [3.05, 3.63) is 70.0 Å². The van der Waals surface area contributed by atoms with Crippen LogP contribution in [0.4, 0.5) is 4.39 Å². The molecule has 42 heavy (non-hydrogen) atoms. The number of amides is 2. The lowest BCUT2D eigenvalue weighted by molar-refractivity contribution is -0.143. The van der Waals surface area contributed by atoms with Crippen LogP contribution >= 0.6 is 11.6 Å². The van der Waals surface area contributed by atoms with Crippen molar-refractivity contribution in [3.8, 4) is 0 Å². The van der Waals surface area contributed by atoms with Crippen LogP contribution in [0, 0.1) is 18.7 Å². The highest BCUT2D eigenvalue weighted by molar-refractivity contribution is 6.46. The molecule has 8 nitrogen and oxygen atoms in total. The van der Waals surface area contributed by atoms with Gasteiger partial charge in [0.05, 0.1) is 6.42 Å².